The highest BCUT2D eigenvalue weighted by atomic mass is 19.1. The Labute approximate surface area is 234 Å². The summed E-state index contributed by atoms with van der Waals surface area (Å²) in [7, 11) is 0. The number of carbonyl (C=O) groups excluding carboxylic acids is 5. The number of hydrogen-bond donors (Lipinski definition) is 4. The first kappa shape index (κ1) is 31.2. The van der Waals surface area contributed by atoms with Gasteiger partial charge in [0, 0.05) is 19.4 Å². The van der Waals surface area contributed by atoms with Gasteiger partial charge in [0.1, 0.15) is 35.6 Å². The van der Waals surface area contributed by atoms with Gasteiger partial charge in [0.2, 0.25) is 23.6 Å². The van der Waals surface area contributed by atoms with Crippen molar-refractivity contribution in [3.8, 4) is 0 Å². The molecule has 4 N–H and O–H groups in total. The van der Waals surface area contributed by atoms with E-state index < -0.39 is 59.2 Å². The number of aliphatic hydroxyl groups is 1. The zero-order chi connectivity index (χ0) is 29.4. The van der Waals surface area contributed by atoms with Crippen molar-refractivity contribution in [3.05, 3.63) is 35.6 Å². The molecule has 1 aromatic rings. The molecular formula is C29H41FN4O6. The molecule has 2 heterocycles. The second-order valence-corrected chi connectivity index (χ2v) is 11.0. The maximum Gasteiger partial charge on any atom is 0.246 e. The summed E-state index contributed by atoms with van der Waals surface area (Å²) in [5.41, 5.74) is -0.709. The maximum absolute atomic E-state index is 13.7. The standard InChI is InChI=1S/C29H41FN4O6/c1-4-29(3)28(40)32-22(17-19-12-14-20(30)15-13-19)27(39)34-16-8-10-23(34)26(38)31-21(25(37)33-29)9-6-5-7-11-24(36)18(2)35/h12-15,18,21-23,35H,4-11,16-17H2,1-3H3,(H,31,38)(H,32,40)(H,33,37)/t18-,21+,22-,23?,29+/m1/s1. The highest BCUT2D eigenvalue weighted by molar-refractivity contribution is 5.99. The molecule has 2 aliphatic heterocycles. The van der Waals surface area contributed by atoms with Crippen LogP contribution in [0.4, 0.5) is 4.39 Å². The van der Waals surface area contributed by atoms with Crippen molar-refractivity contribution in [2.24, 2.45) is 0 Å². The van der Waals surface area contributed by atoms with Crippen LogP contribution in [0.2, 0.25) is 0 Å². The zero-order valence-corrected chi connectivity index (χ0v) is 23.5. The fourth-order valence-corrected chi connectivity index (χ4v) is 5.11. The van der Waals surface area contributed by atoms with Crippen LogP contribution < -0.4 is 16.0 Å². The van der Waals surface area contributed by atoms with Crippen LogP contribution in [-0.4, -0.2) is 75.7 Å². The van der Waals surface area contributed by atoms with E-state index in [0.717, 1.165) is 0 Å². The van der Waals surface area contributed by atoms with E-state index in [4.69, 9.17) is 0 Å². The summed E-state index contributed by atoms with van der Waals surface area (Å²) in [5.74, 6) is -2.52. The number of hydrogen-bond acceptors (Lipinski definition) is 6. The van der Waals surface area contributed by atoms with Gasteiger partial charge in [-0.25, -0.2) is 4.39 Å². The predicted molar refractivity (Wildman–Crippen MR) is 145 cm³/mol. The van der Waals surface area contributed by atoms with Gasteiger partial charge in [-0.2, -0.15) is 0 Å². The number of rotatable bonds is 10. The van der Waals surface area contributed by atoms with Crippen LogP contribution in [0, 0.1) is 5.82 Å². The van der Waals surface area contributed by atoms with E-state index >= 15 is 0 Å². The van der Waals surface area contributed by atoms with Crippen molar-refractivity contribution in [1.82, 2.24) is 20.9 Å². The first-order chi connectivity index (χ1) is 18.9. The molecule has 10 nitrogen and oxygen atoms in total. The summed E-state index contributed by atoms with van der Waals surface area (Å²) < 4.78 is 13.5. The van der Waals surface area contributed by atoms with E-state index in [1.807, 2.05) is 0 Å². The number of ketones is 1. The van der Waals surface area contributed by atoms with Crippen LogP contribution in [0.25, 0.3) is 0 Å². The van der Waals surface area contributed by atoms with Gasteiger partial charge in [0.25, 0.3) is 0 Å². The summed E-state index contributed by atoms with van der Waals surface area (Å²) in [6.45, 7) is 5.08. The van der Waals surface area contributed by atoms with Gasteiger partial charge in [-0.15, -0.1) is 0 Å². The van der Waals surface area contributed by atoms with Crippen molar-refractivity contribution in [2.75, 3.05) is 6.54 Å². The van der Waals surface area contributed by atoms with Gasteiger partial charge in [0.15, 0.2) is 5.78 Å². The highest BCUT2D eigenvalue weighted by Gasteiger charge is 2.43. The van der Waals surface area contributed by atoms with E-state index in [9.17, 15) is 33.5 Å². The number of aliphatic hydroxyl groups excluding tert-OH is 1. The van der Waals surface area contributed by atoms with Crippen LogP contribution in [0.15, 0.2) is 24.3 Å². The molecule has 4 amide bonds. The SMILES string of the molecule is CC[C@]1(C)NC(=O)[C@H](CCCCCC(=O)[C@@H](C)O)NC(=O)C2CCCN2C(=O)[C@@H](Cc2ccc(F)cc2)NC1=O. The number of unbranched alkanes of at least 4 members (excludes halogenated alkanes) is 2. The number of amides is 4. The Kier molecular flexibility index (Phi) is 10.8. The first-order valence-corrected chi connectivity index (χ1v) is 14.1. The molecule has 0 spiro atoms. The molecule has 2 fully saturated rings. The van der Waals surface area contributed by atoms with Gasteiger partial charge in [0.05, 0.1) is 0 Å². The molecule has 0 saturated carbocycles. The summed E-state index contributed by atoms with van der Waals surface area (Å²) in [6.07, 6.45) is 2.56. The molecule has 1 aromatic carbocycles. The molecule has 220 valence electrons. The van der Waals surface area contributed by atoms with Crippen molar-refractivity contribution in [2.45, 2.75) is 108 Å². The third kappa shape index (κ3) is 7.87. The van der Waals surface area contributed by atoms with Gasteiger partial charge < -0.3 is 26.0 Å². The molecule has 0 bridgehead atoms. The lowest BCUT2D eigenvalue weighted by atomic mass is 9.94. The Morgan fingerprint density at radius 1 is 1.07 bits per heavy atom. The van der Waals surface area contributed by atoms with Gasteiger partial charge in [-0.3, -0.25) is 24.0 Å². The number of nitrogens with one attached hydrogen (secondary N) is 3. The molecule has 11 heteroatoms. The summed E-state index contributed by atoms with van der Waals surface area (Å²) in [4.78, 5) is 67.2. The van der Waals surface area contributed by atoms with Crippen molar-refractivity contribution in [1.29, 1.82) is 0 Å². The molecule has 0 aliphatic carbocycles. The molecule has 5 atom stereocenters. The topological polar surface area (TPSA) is 145 Å². The van der Waals surface area contributed by atoms with Crippen molar-refractivity contribution < 1.29 is 33.5 Å². The minimum Gasteiger partial charge on any atom is -0.386 e. The molecular weight excluding hydrogens is 519 g/mol. The number of fused-ring (bicyclic) bond motifs is 1. The number of carbonyl (C=O) groups is 5. The normalized spacial score (nSPS) is 26.6. The van der Waals surface area contributed by atoms with E-state index in [0.29, 0.717) is 44.2 Å². The number of benzene rings is 1. The maximum atomic E-state index is 13.7. The lowest BCUT2D eigenvalue weighted by Gasteiger charge is -2.36. The Morgan fingerprint density at radius 3 is 2.42 bits per heavy atom. The minimum absolute atomic E-state index is 0.101. The van der Waals surface area contributed by atoms with E-state index in [1.54, 1.807) is 26.0 Å². The van der Waals surface area contributed by atoms with Gasteiger partial charge in [-0.1, -0.05) is 31.9 Å². The van der Waals surface area contributed by atoms with Crippen LogP contribution in [0.3, 0.4) is 0 Å². The second-order valence-electron chi connectivity index (χ2n) is 11.0. The molecule has 0 aromatic heterocycles. The summed E-state index contributed by atoms with van der Waals surface area (Å²) in [5, 5.41) is 17.8. The van der Waals surface area contributed by atoms with Gasteiger partial charge in [-0.05, 0) is 63.6 Å². The van der Waals surface area contributed by atoms with Crippen molar-refractivity contribution in [3.63, 3.8) is 0 Å². The Hall–Kier alpha value is -3.34. The number of Topliss-reactive ketones (excluding diaryl/α,β-unsaturated/α-hetero) is 1. The van der Waals surface area contributed by atoms with Crippen LogP contribution >= 0.6 is 0 Å². The Morgan fingerprint density at radius 2 is 1.77 bits per heavy atom. The predicted octanol–water partition coefficient (Wildman–Crippen LogP) is 1.53. The quantitative estimate of drug-likeness (QED) is 0.320. The van der Waals surface area contributed by atoms with E-state index in [2.05, 4.69) is 16.0 Å². The molecule has 3 rings (SSSR count). The number of halogens is 1. The third-order valence-electron chi connectivity index (χ3n) is 7.92. The average Bonchev–Trinajstić information content (AvgIpc) is 3.41. The summed E-state index contributed by atoms with van der Waals surface area (Å²) >= 11 is 0. The van der Waals surface area contributed by atoms with E-state index in [1.165, 1.54) is 24.0 Å². The fraction of sp³-hybridized carbons (Fsp3) is 0.621. The lowest BCUT2D eigenvalue weighted by molar-refractivity contribution is -0.144. The molecule has 2 saturated heterocycles. The largest absolute Gasteiger partial charge is 0.386 e. The lowest BCUT2D eigenvalue weighted by Crippen LogP contribution is -2.65. The number of nitrogens with zero attached hydrogens (tertiary/aromatic N) is 1. The first-order valence-electron chi connectivity index (χ1n) is 14.1. The Bertz CT molecular complexity index is 1090. The van der Waals surface area contributed by atoms with Crippen LogP contribution in [-0.2, 0) is 30.4 Å². The Balaban J connectivity index is 1.82. The molecule has 0 radical (unpaired) electrons. The third-order valence-corrected chi connectivity index (χ3v) is 7.92. The monoisotopic (exact) mass is 560 g/mol. The minimum atomic E-state index is -1.35. The van der Waals surface area contributed by atoms with Crippen LogP contribution in [0.5, 0.6) is 0 Å². The second kappa shape index (κ2) is 13.8. The van der Waals surface area contributed by atoms with Gasteiger partial charge >= 0.3 is 0 Å². The molecule has 40 heavy (non-hydrogen) atoms. The fourth-order valence-electron chi connectivity index (χ4n) is 5.11. The van der Waals surface area contributed by atoms with E-state index in [-0.39, 0.29) is 31.5 Å². The van der Waals surface area contributed by atoms with Crippen LogP contribution in [0.1, 0.15) is 77.7 Å². The van der Waals surface area contributed by atoms with Crippen molar-refractivity contribution >= 4 is 29.4 Å². The molecule has 1 unspecified atom stereocenters. The average molecular weight is 561 g/mol. The zero-order valence-electron chi connectivity index (χ0n) is 23.5. The highest BCUT2D eigenvalue weighted by Crippen LogP contribution is 2.22. The summed E-state index contributed by atoms with van der Waals surface area (Å²) in [6, 6.07) is 2.95. The smallest absolute Gasteiger partial charge is 0.246 e. The molecule has 2 aliphatic rings.